The zero-order chi connectivity index (χ0) is 11.5. The van der Waals surface area contributed by atoms with Gasteiger partial charge in [0, 0.05) is 5.69 Å². The standard InChI is InChI=1S/C12H18N2O.ClH/c1-12(2,3)9-4-6-10(7-5-9)14-11(15)8-13;/h4-7H,8,13H2,1-3H3,(H,14,15);1H. The molecule has 0 fully saturated rings. The Balaban J connectivity index is 0.00000225. The highest BCUT2D eigenvalue weighted by molar-refractivity contribution is 5.92. The minimum Gasteiger partial charge on any atom is -0.325 e. The summed E-state index contributed by atoms with van der Waals surface area (Å²) in [6.45, 7) is 6.47. The molecule has 0 aliphatic rings. The molecule has 1 rings (SSSR count). The molecule has 0 radical (unpaired) electrons. The molecule has 1 aromatic rings. The Morgan fingerprint density at radius 1 is 1.25 bits per heavy atom. The lowest BCUT2D eigenvalue weighted by molar-refractivity contribution is -0.114. The van der Waals surface area contributed by atoms with Crippen LogP contribution in [0.15, 0.2) is 24.3 Å². The van der Waals surface area contributed by atoms with Crippen molar-refractivity contribution >= 4 is 24.0 Å². The lowest BCUT2D eigenvalue weighted by atomic mass is 9.87. The molecule has 0 heterocycles. The van der Waals surface area contributed by atoms with Gasteiger partial charge in [0.15, 0.2) is 0 Å². The van der Waals surface area contributed by atoms with Crippen LogP contribution in [-0.2, 0) is 10.2 Å². The molecule has 0 unspecified atom stereocenters. The number of rotatable bonds is 2. The van der Waals surface area contributed by atoms with E-state index in [4.69, 9.17) is 5.73 Å². The first-order valence-corrected chi connectivity index (χ1v) is 5.04. The Morgan fingerprint density at radius 2 is 1.75 bits per heavy atom. The molecule has 1 aromatic carbocycles. The lowest BCUT2D eigenvalue weighted by Gasteiger charge is -2.19. The van der Waals surface area contributed by atoms with Gasteiger partial charge in [-0.2, -0.15) is 0 Å². The van der Waals surface area contributed by atoms with Crippen LogP contribution in [0.1, 0.15) is 26.3 Å². The van der Waals surface area contributed by atoms with Gasteiger partial charge >= 0.3 is 0 Å². The second kappa shape index (κ2) is 5.87. The highest BCUT2D eigenvalue weighted by atomic mass is 35.5. The molecule has 0 atom stereocenters. The van der Waals surface area contributed by atoms with Crippen LogP contribution < -0.4 is 11.1 Å². The van der Waals surface area contributed by atoms with Crippen LogP contribution >= 0.6 is 12.4 Å². The van der Waals surface area contributed by atoms with Gasteiger partial charge in [-0.25, -0.2) is 0 Å². The van der Waals surface area contributed by atoms with Crippen molar-refractivity contribution in [3.05, 3.63) is 29.8 Å². The molecular formula is C12H19ClN2O. The van der Waals surface area contributed by atoms with Gasteiger partial charge in [0.2, 0.25) is 5.91 Å². The van der Waals surface area contributed by atoms with E-state index in [1.54, 1.807) is 0 Å². The predicted molar refractivity (Wildman–Crippen MR) is 70.1 cm³/mol. The van der Waals surface area contributed by atoms with E-state index in [0.717, 1.165) is 5.69 Å². The summed E-state index contributed by atoms with van der Waals surface area (Å²) in [4.78, 5) is 11.0. The first-order valence-electron chi connectivity index (χ1n) is 5.04. The molecule has 16 heavy (non-hydrogen) atoms. The molecule has 0 aromatic heterocycles. The van der Waals surface area contributed by atoms with Crippen LogP contribution in [0.3, 0.4) is 0 Å². The Kier molecular flexibility index (Phi) is 5.48. The predicted octanol–water partition coefficient (Wildman–Crippen LogP) is 2.30. The van der Waals surface area contributed by atoms with Crippen molar-refractivity contribution in [1.82, 2.24) is 0 Å². The minimum atomic E-state index is -0.168. The van der Waals surface area contributed by atoms with E-state index in [-0.39, 0.29) is 30.3 Å². The molecule has 1 amide bonds. The maximum atomic E-state index is 11.0. The van der Waals surface area contributed by atoms with E-state index in [1.807, 2.05) is 24.3 Å². The molecule has 0 aliphatic heterocycles. The van der Waals surface area contributed by atoms with E-state index in [9.17, 15) is 4.79 Å². The lowest BCUT2D eigenvalue weighted by Crippen LogP contribution is -2.21. The quantitative estimate of drug-likeness (QED) is 0.836. The Hall–Kier alpha value is -1.06. The SMILES string of the molecule is CC(C)(C)c1ccc(NC(=O)CN)cc1.Cl. The van der Waals surface area contributed by atoms with Gasteiger partial charge in [-0.1, -0.05) is 32.9 Å². The molecule has 0 bridgehead atoms. The second-order valence-corrected chi connectivity index (χ2v) is 4.58. The van der Waals surface area contributed by atoms with Crippen molar-refractivity contribution in [2.75, 3.05) is 11.9 Å². The van der Waals surface area contributed by atoms with Gasteiger partial charge in [0.25, 0.3) is 0 Å². The summed E-state index contributed by atoms with van der Waals surface area (Å²) < 4.78 is 0. The number of hydrogen-bond donors (Lipinski definition) is 2. The molecule has 0 spiro atoms. The third-order valence-corrected chi connectivity index (χ3v) is 2.22. The fourth-order valence-electron chi connectivity index (χ4n) is 1.27. The number of carbonyl (C=O) groups excluding carboxylic acids is 1. The van der Waals surface area contributed by atoms with Crippen LogP contribution in [0.2, 0.25) is 0 Å². The number of carbonyl (C=O) groups is 1. The van der Waals surface area contributed by atoms with Gasteiger partial charge in [0.05, 0.1) is 6.54 Å². The zero-order valence-electron chi connectivity index (χ0n) is 9.91. The zero-order valence-corrected chi connectivity index (χ0v) is 10.7. The van der Waals surface area contributed by atoms with Crippen LogP contribution in [-0.4, -0.2) is 12.5 Å². The van der Waals surface area contributed by atoms with Gasteiger partial charge < -0.3 is 11.1 Å². The molecule has 0 saturated carbocycles. The fourth-order valence-corrected chi connectivity index (χ4v) is 1.27. The highest BCUT2D eigenvalue weighted by Crippen LogP contribution is 2.23. The molecular weight excluding hydrogens is 224 g/mol. The monoisotopic (exact) mass is 242 g/mol. The Bertz CT molecular complexity index is 341. The van der Waals surface area contributed by atoms with E-state index < -0.39 is 0 Å². The third kappa shape index (κ3) is 4.21. The van der Waals surface area contributed by atoms with Crippen molar-refractivity contribution in [3.8, 4) is 0 Å². The summed E-state index contributed by atoms with van der Waals surface area (Å²) in [5.41, 5.74) is 7.38. The molecule has 90 valence electrons. The number of nitrogens with one attached hydrogen (secondary N) is 1. The summed E-state index contributed by atoms with van der Waals surface area (Å²) in [5.74, 6) is -0.168. The summed E-state index contributed by atoms with van der Waals surface area (Å²) in [5, 5.41) is 2.71. The van der Waals surface area contributed by atoms with Gasteiger partial charge in [-0.05, 0) is 23.1 Å². The number of halogens is 1. The number of amides is 1. The highest BCUT2D eigenvalue weighted by Gasteiger charge is 2.12. The van der Waals surface area contributed by atoms with Crippen LogP contribution in [0.4, 0.5) is 5.69 Å². The summed E-state index contributed by atoms with van der Waals surface area (Å²) >= 11 is 0. The topological polar surface area (TPSA) is 55.1 Å². The summed E-state index contributed by atoms with van der Waals surface area (Å²) in [6.07, 6.45) is 0. The number of hydrogen-bond acceptors (Lipinski definition) is 2. The second-order valence-electron chi connectivity index (χ2n) is 4.58. The summed E-state index contributed by atoms with van der Waals surface area (Å²) in [6, 6.07) is 7.83. The van der Waals surface area contributed by atoms with Crippen molar-refractivity contribution < 1.29 is 4.79 Å². The first kappa shape index (κ1) is 14.9. The first-order chi connectivity index (χ1) is 6.93. The van der Waals surface area contributed by atoms with E-state index in [2.05, 4.69) is 26.1 Å². The van der Waals surface area contributed by atoms with Crippen molar-refractivity contribution in [2.45, 2.75) is 26.2 Å². The van der Waals surface area contributed by atoms with Crippen molar-refractivity contribution in [2.24, 2.45) is 5.73 Å². The number of nitrogens with two attached hydrogens (primary N) is 1. The Morgan fingerprint density at radius 3 is 2.12 bits per heavy atom. The smallest absolute Gasteiger partial charge is 0.238 e. The average Bonchev–Trinajstić information content (AvgIpc) is 2.17. The molecule has 3 N–H and O–H groups in total. The third-order valence-electron chi connectivity index (χ3n) is 2.22. The maximum absolute atomic E-state index is 11.0. The maximum Gasteiger partial charge on any atom is 0.238 e. The largest absolute Gasteiger partial charge is 0.325 e. The van der Waals surface area contributed by atoms with E-state index in [1.165, 1.54) is 5.56 Å². The van der Waals surface area contributed by atoms with Crippen LogP contribution in [0.5, 0.6) is 0 Å². The molecule has 4 heteroatoms. The number of anilines is 1. The molecule has 0 saturated heterocycles. The van der Waals surface area contributed by atoms with Crippen LogP contribution in [0.25, 0.3) is 0 Å². The van der Waals surface area contributed by atoms with E-state index >= 15 is 0 Å². The summed E-state index contributed by atoms with van der Waals surface area (Å²) in [7, 11) is 0. The Labute approximate surface area is 103 Å². The van der Waals surface area contributed by atoms with Crippen LogP contribution in [0, 0.1) is 0 Å². The van der Waals surface area contributed by atoms with E-state index in [0.29, 0.717) is 0 Å². The molecule has 3 nitrogen and oxygen atoms in total. The van der Waals surface area contributed by atoms with Gasteiger partial charge in [-0.15, -0.1) is 12.4 Å². The number of benzene rings is 1. The minimum absolute atomic E-state index is 0. The average molecular weight is 243 g/mol. The fraction of sp³-hybridized carbons (Fsp3) is 0.417. The van der Waals surface area contributed by atoms with Gasteiger partial charge in [0.1, 0.15) is 0 Å². The van der Waals surface area contributed by atoms with Gasteiger partial charge in [-0.3, -0.25) is 4.79 Å². The normalized spacial score (nSPS) is 10.5. The van der Waals surface area contributed by atoms with Crippen molar-refractivity contribution in [1.29, 1.82) is 0 Å². The molecule has 0 aliphatic carbocycles. The van der Waals surface area contributed by atoms with Crippen molar-refractivity contribution in [3.63, 3.8) is 0 Å².